The molecule has 2 rings (SSSR count). The molecule has 0 unspecified atom stereocenters. The number of carbonyl (C=O) groups is 1. The van der Waals surface area contributed by atoms with Gasteiger partial charge in [0.15, 0.2) is 0 Å². The van der Waals surface area contributed by atoms with E-state index in [2.05, 4.69) is 5.32 Å². The van der Waals surface area contributed by atoms with Gasteiger partial charge in [0.1, 0.15) is 17.4 Å². The molecule has 1 amide bonds. The molecule has 23 heavy (non-hydrogen) atoms. The number of methoxy groups -OCH3 is 1. The summed E-state index contributed by atoms with van der Waals surface area (Å²) in [4.78, 5) is 12.3. The van der Waals surface area contributed by atoms with Gasteiger partial charge in [-0.15, -0.1) is 0 Å². The quantitative estimate of drug-likeness (QED) is 0.679. The number of hydrogen-bond donors (Lipinski definition) is 1. The summed E-state index contributed by atoms with van der Waals surface area (Å²) in [6, 6.07) is 18.6. The zero-order valence-electron chi connectivity index (χ0n) is 13.1. The maximum Gasteiger partial charge on any atom is 0.262 e. The van der Waals surface area contributed by atoms with Crippen LogP contribution in [0.25, 0.3) is 6.08 Å². The highest BCUT2D eigenvalue weighted by Gasteiger charge is 2.13. The maximum absolute atomic E-state index is 12.3. The molecule has 1 atom stereocenters. The van der Waals surface area contributed by atoms with Gasteiger partial charge >= 0.3 is 0 Å². The Hall–Kier alpha value is -3.06. The molecule has 0 aliphatic heterocycles. The number of nitrogens with one attached hydrogen (secondary N) is 1. The normalized spacial score (nSPS) is 12.1. The molecule has 0 heterocycles. The molecule has 4 heteroatoms. The van der Waals surface area contributed by atoms with Crippen molar-refractivity contribution in [3.05, 3.63) is 71.3 Å². The minimum atomic E-state index is -0.389. The summed E-state index contributed by atoms with van der Waals surface area (Å²) in [5.74, 6) is 0.336. The Labute approximate surface area is 136 Å². The highest BCUT2D eigenvalue weighted by molar-refractivity contribution is 6.01. The topological polar surface area (TPSA) is 62.1 Å². The van der Waals surface area contributed by atoms with E-state index in [-0.39, 0.29) is 17.5 Å². The number of benzene rings is 2. The highest BCUT2D eigenvalue weighted by Crippen LogP contribution is 2.15. The first-order valence-corrected chi connectivity index (χ1v) is 7.25. The molecule has 2 aromatic carbocycles. The second kappa shape index (κ2) is 7.81. The zero-order valence-corrected chi connectivity index (χ0v) is 13.1. The Morgan fingerprint density at radius 3 is 2.39 bits per heavy atom. The fraction of sp³-hybridized carbons (Fsp3) is 0.158. The first kappa shape index (κ1) is 16.3. The van der Waals surface area contributed by atoms with Gasteiger partial charge in [-0.1, -0.05) is 42.5 Å². The molecular weight excluding hydrogens is 288 g/mol. The van der Waals surface area contributed by atoms with Gasteiger partial charge in [0.2, 0.25) is 0 Å². The molecule has 0 fully saturated rings. The summed E-state index contributed by atoms with van der Waals surface area (Å²) in [5, 5.41) is 12.1. The van der Waals surface area contributed by atoms with Crippen LogP contribution < -0.4 is 10.1 Å². The van der Waals surface area contributed by atoms with E-state index < -0.39 is 0 Å². The van der Waals surface area contributed by atoms with Crippen molar-refractivity contribution in [2.24, 2.45) is 0 Å². The van der Waals surface area contributed by atoms with Crippen molar-refractivity contribution < 1.29 is 9.53 Å². The molecular formula is C19H18N2O2. The molecule has 116 valence electrons. The second-order valence-corrected chi connectivity index (χ2v) is 5.05. The van der Waals surface area contributed by atoms with Crippen LogP contribution in [0, 0.1) is 11.3 Å². The van der Waals surface area contributed by atoms with Crippen LogP contribution in [0.1, 0.15) is 24.1 Å². The van der Waals surface area contributed by atoms with Crippen molar-refractivity contribution in [1.29, 1.82) is 5.26 Å². The van der Waals surface area contributed by atoms with Crippen LogP contribution in [-0.4, -0.2) is 13.0 Å². The van der Waals surface area contributed by atoms with E-state index in [1.54, 1.807) is 37.5 Å². The Morgan fingerprint density at radius 1 is 1.17 bits per heavy atom. The highest BCUT2D eigenvalue weighted by atomic mass is 16.5. The summed E-state index contributed by atoms with van der Waals surface area (Å²) in [7, 11) is 1.59. The van der Waals surface area contributed by atoms with Crippen LogP contribution in [0.3, 0.4) is 0 Å². The van der Waals surface area contributed by atoms with E-state index >= 15 is 0 Å². The fourth-order valence-electron chi connectivity index (χ4n) is 2.11. The van der Waals surface area contributed by atoms with E-state index in [1.165, 1.54) is 0 Å². The summed E-state index contributed by atoms with van der Waals surface area (Å²) in [5.41, 5.74) is 1.82. The van der Waals surface area contributed by atoms with Gasteiger partial charge in [0.25, 0.3) is 5.91 Å². The van der Waals surface area contributed by atoms with Crippen LogP contribution in [0.5, 0.6) is 5.75 Å². The van der Waals surface area contributed by atoms with E-state index in [4.69, 9.17) is 4.74 Å². The van der Waals surface area contributed by atoms with E-state index in [0.717, 1.165) is 16.9 Å². The molecule has 0 spiro atoms. The van der Waals surface area contributed by atoms with Crippen molar-refractivity contribution in [1.82, 2.24) is 5.32 Å². The van der Waals surface area contributed by atoms with Crippen molar-refractivity contribution >= 4 is 12.0 Å². The largest absolute Gasteiger partial charge is 0.497 e. The van der Waals surface area contributed by atoms with Crippen molar-refractivity contribution in [3.63, 3.8) is 0 Å². The van der Waals surface area contributed by atoms with Crippen LogP contribution in [0.15, 0.2) is 60.2 Å². The molecule has 4 nitrogen and oxygen atoms in total. The zero-order chi connectivity index (χ0) is 16.7. The Morgan fingerprint density at radius 2 is 1.83 bits per heavy atom. The number of amides is 1. The van der Waals surface area contributed by atoms with Gasteiger partial charge in [-0.25, -0.2) is 0 Å². The number of carbonyl (C=O) groups excluding carboxylic acids is 1. The monoisotopic (exact) mass is 306 g/mol. The average molecular weight is 306 g/mol. The second-order valence-electron chi connectivity index (χ2n) is 5.05. The Bertz CT molecular complexity index is 728. The van der Waals surface area contributed by atoms with Gasteiger partial charge in [-0.3, -0.25) is 4.79 Å². The Balaban J connectivity index is 2.11. The molecule has 1 N–H and O–H groups in total. The van der Waals surface area contributed by atoms with Crippen LogP contribution in [0.2, 0.25) is 0 Å². The smallest absolute Gasteiger partial charge is 0.262 e. The third kappa shape index (κ3) is 4.45. The van der Waals surface area contributed by atoms with Crippen molar-refractivity contribution in [2.75, 3.05) is 7.11 Å². The van der Waals surface area contributed by atoms with Crippen LogP contribution in [-0.2, 0) is 4.79 Å². The summed E-state index contributed by atoms with van der Waals surface area (Å²) < 4.78 is 5.08. The summed E-state index contributed by atoms with van der Waals surface area (Å²) >= 11 is 0. The first-order valence-electron chi connectivity index (χ1n) is 7.25. The lowest BCUT2D eigenvalue weighted by molar-refractivity contribution is -0.117. The molecule has 0 aromatic heterocycles. The molecule has 0 aliphatic carbocycles. The van der Waals surface area contributed by atoms with Gasteiger partial charge < -0.3 is 10.1 Å². The third-order valence-corrected chi connectivity index (χ3v) is 3.44. The Kier molecular flexibility index (Phi) is 5.54. The number of nitriles is 1. The molecule has 0 saturated carbocycles. The lowest BCUT2D eigenvalue weighted by Gasteiger charge is -2.13. The van der Waals surface area contributed by atoms with Crippen LogP contribution in [0.4, 0.5) is 0 Å². The van der Waals surface area contributed by atoms with E-state index in [9.17, 15) is 10.1 Å². The third-order valence-electron chi connectivity index (χ3n) is 3.44. The lowest BCUT2D eigenvalue weighted by Crippen LogP contribution is -2.27. The fourth-order valence-corrected chi connectivity index (χ4v) is 2.11. The van der Waals surface area contributed by atoms with Crippen LogP contribution >= 0.6 is 0 Å². The van der Waals surface area contributed by atoms with E-state index in [0.29, 0.717) is 0 Å². The van der Waals surface area contributed by atoms with Crippen molar-refractivity contribution in [2.45, 2.75) is 13.0 Å². The predicted octanol–water partition coefficient (Wildman–Crippen LogP) is 3.48. The number of ether oxygens (including phenoxy) is 1. The molecule has 0 bridgehead atoms. The van der Waals surface area contributed by atoms with Gasteiger partial charge in [-0.05, 0) is 36.3 Å². The van der Waals surface area contributed by atoms with E-state index in [1.807, 2.05) is 43.3 Å². The standard InChI is InChI=1S/C19H18N2O2/c1-14(16-6-4-3-5-7-16)21-19(22)17(13-20)12-15-8-10-18(23-2)11-9-15/h3-12,14H,1-2H3,(H,21,22)/b17-12-/t14-/m1/s1. The van der Waals surface area contributed by atoms with Gasteiger partial charge in [0.05, 0.1) is 13.2 Å². The number of hydrogen-bond acceptors (Lipinski definition) is 3. The minimum Gasteiger partial charge on any atom is -0.497 e. The molecule has 2 aromatic rings. The average Bonchev–Trinajstić information content (AvgIpc) is 2.60. The predicted molar refractivity (Wildman–Crippen MR) is 89.6 cm³/mol. The molecule has 0 radical (unpaired) electrons. The maximum atomic E-state index is 12.3. The molecule has 0 aliphatic rings. The number of rotatable bonds is 5. The summed E-state index contributed by atoms with van der Waals surface area (Å²) in [6.45, 7) is 1.88. The first-order chi connectivity index (χ1) is 11.1. The molecule has 0 saturated heterocycles. The summed E-state index contributed by atoms with van der Waals surface area (Å²) in [6.07, 6.45) is 1.56. The number of nitrogens with zero attached hydrogens (tertiary/aromatic N) is 1. The minimum absolute atomic E-state index is 0.0675. The lowest BCUT2D eigenvalue weighted by atomic mass is 10.1. The van der Waals surface area contributed by atoms with Gasteiger partial charge in [0, 0.05) is 0 Å². The van der Waals surface area contributed by atoms with Gasteiger partial charge in [-0.2, -0.15) is 5.26 Å². The van der Waals surface area contributed by atoms with Crippen molar-refractivity contribution in [3.8, 4) is 11.8 Å². The SMILES string of the molecule is COc1ccc(/C=C(/C#N)C(=O)N[C@H](C)c2ccccc2)cc1.